The number of ether oxygens (including phenoxy) is 1. The van der Waals surface area contributed by atoms with Gasteiger partial charge in [-0.3, -0.25) is 0 Å². The van der Waals surface area contributed by atoms with Gasteiger partial charge in [-0.2, -0.15) is 0 Å². The molecule has 1 N–H and O–H groups in total. The first-order chi connectivity index (χ1) is 6.62. The van der Waals surface area contributed by atoms with Crippen molar-refractivity contribution in [2.24, 2.45) is 5.92 Å². The van der Waals surface area contributed by atoms with Gasteiger partial charge < -0.3 is 14.7 Å². The molecule has 4 heteroatoms. The molecule has 1 aliphatic rings. The molecule has 15 heavy (non-hydrogen) atoms. The first kappa shape index (κ1) is 12.3. The minimum absolute atomic E-state index is 0.0880. The third kappa shape index (κ3) is 3.09. The Kier molecular flexibility index (Phi) is 3.01. The van der Waals surface area contributed by atoms with Crippen LogP contribution in [0.5, 0.6) is 0 Å². The predicted molar refractivity (Wildman–Crippen MR) is 57.6 cm³/mol. The second-order valence-electron chi connectivity index (χ2n) is 5.62. The van der Waals surface area contributed by atoms with Gasteiger partial charge >= 0.3 is 6.09 Å². The number of carbonyl (C=O) groups is 1. The zero-order valence-corrected chi connectivity index (χ0v) is 10.2. The van der Waals surface area contributed by atoms with Gasteiger partial charge in [0.1, 0.15) is 5.60 Å². The summed E-state index contributed by atoms with van der Waals surface area (Å²) in [5.74, 6) is 0.0880. The minimum Gasteiger partial charge on any atom is -0.444 e. The van der Waals surface area contributed by atoms with E-state index >= 15 is 0 Å². The molecule has 0 aromatic heterocycles. The maximum absolute atomic E-state index is 11.7. The molecule has 1 saturated heterocycles. The molecule has 1 amide bonds. The molecule has 0 bridgehead atoms. The maximum atomic E-state index is 11.7. The van der Waals surface area contributed by atoms with Crippen molar-refractivity contribution in [1.29, 1.82) is 0 Å². The van der Waals surface area contributed by atoms with E-state index in [9.17, 15) is 9.90 Å². The van der Waals surface area contributed by atoms with E-state index in [2.05, 4.69) is 0 Å². The summed E-state index contributed by atoms with van der Waals surface area (Å²) >= 11 is 0. The van der Waals surface area contributed by atoms with Crippen LogP contribution in [0.4, 0.5) is 4.79 Å². The molecule has 0 spiro atoms. The molecule has 4 nitrogen and oxygen atoms in total. The highest BCUT2D eigenvalue weighted by molar-refractivity contribution is 5.68. The summed E-state index contributed by atoms with van der Waals surface area (Å²) in [6.07, 6.45) is -0.341. The second-order valence-corrected chi connectivity index (χ2v) is 5.62. The SMILES string of the molecule is CC1CN(C(=O)OC(C)(C)C)CC1(C)O. The van der Waals surface area contributed by atoms with Crippen LogP contribution >= 0.6 is 0 Å². The number of hydrogen-bond donors (Lipinski definition) is 1. The number of β-amino-alcohol motifs (C(OH)–C–C–N with tert-alkyl or cyclic N) is 1. The van der Waals surface area contributed by atoms with Gasteiger partial charge in [0.2, 0.25) is 0 Å². The van der Waals surface area contributed by atoms with Gasteiger partial charge in [0.05, 0.1) is 12.1 Å². The normalized spacial score (nSPS) is 31.9. The van der Waals surface area contributed by atoms with E-state index < -0.39 is 11.2 Å². The number of nitrogens with zero attached hydrogens (tertiary/aromatic N) is 1. The summed E-state index contributed by atoms with van der Waals surface area (Å²) in [4.78, 5) is 13.3. The summed E-state index contributed by atoms with van der Waals surface area (Å²) < 4.78 is 5.24. The van der Waals surface area contributed by atoms with Crippen LogP contribution in [-0.2, 0) is 4.74 Å². The Balaban J connectivity index is 2.58. The first-order valence-electron chi connectivity index (χ1n) is 5.32. The predicted octanol–water partition coefficient (Wildman–Crippen LogP) is 1.62. The Morgan fingerprint density at radius 2 is 2.07 bits per heavy atom. The third-order valence-electron chi connectivity index (χ3n) is 2.72. The number of likely N-dealkylation sites (tertiary alicyclic amines) is 1. The van der Waals surface area contributed by atoms with E-state index in [0.29, 0.717) is 13.1 Å². The number of rotatable bonds is 0. The smallest absolute Gasteiger partial charge is 0.410 e. The Morgan fingerprint density at radius 1 is 1.53 bits per heavy atom. The summed E-state index contributed by atoms with van der Waals surface area (Å²) in [5, 5.41) is 9.93. The van der Waals surface area contributed by atoms with Crippen LogP contribution in [0.2, 0.25) is 0 Å². The fourth-order valence-corrected chi connectivity index (χ4v) is 1.60. The maximum Gasteiger partial charge on any atom is 0.410 e. The van der Waals surface area contributed by atoms with Crippen LogP contribution in [0.3, 0.4) is 0 Å². The van der Waals surface area contributed by atoms with Gasteiger partial charge in [-0.15, -0.1) is 0 Å². The van der Waals surface area contributed by atoms with Crippen molar-refractivity contribution in [2.45, 2.75) is 45.8 Å². The zero-order valence-electron chi connectivity index (χ0n) is 10.2. The van der Waals surface area contributed by atoms with Crippen molar-refractivity contribution in [3.05, 3.63) is 0 Å². The van der Waals surface area contributed by atoms with Crippen molar-refractivity contribution in [3.63, 3.8) is 0 Å². The van der Waals surface area contributed by atoms with Gasteiger partial charge in [-0.05, 0) is 27.7 Å². The molecular formula is C11H21NO3. The van der Waals surface area contributed by atoms with E-state index in [1.165, 1.54) is 0 Å². The molecule has 0 radical (unpaired) electrons. The third-order valence-corrected chi connectivity index (χ3v) is 2.72. The lowest BCUT2D eigenvalue weighted by Crippen LogP contribution is -2.38. The monoisotopic (exact) mass is 215 g/mol. The van der Waals surface area contributed by atoms with Crippen LogP contribution in [0.15, 0.2) is 0 Å². The van der Waals surface area contributed by atoms with Crippen LogP contribution in [-0.4, -0.2) is 40.4 Å². The fraction of sp³-hybridized carbons (Fsp3) is 0.909. The highest BCUT2D eigenvalue weighted by Gasteiger charge is 2.41. The highest BCUT2D eigenvalue weighted by atomic mass is 16.6. The number of carbonyl (C=O) groups excluding carboxylic acids is 1. The number of amides is 1. The summed E-state index contributed by atoms with van der Waals surface area (Å²) in [6, 6.07) is 0. The lowest BCUT2D eigenvalue weighted by molar-refractivity contribution is 0.0152. The van der Waals surface area contributed by atoms with E-state index in [4.69, 9.17) is 4.74 Å². The number of hydrogen-bond acceptors (Lipinski definition) is 3. The average Bonchev–Trinajstić information content (AvgIpc) is 2.23. The second kappa shape index (κ2) is 3.67. The largest absolute Gasteiger partial charge is 0.444 e. The quantitative estimate of drug-likeness (QED) is 0.668. The average molecular weight is 215 g/mol. The molecule has 1 heterocycles. The van der Waals surface area contributed by atoms with Crippen LogP contribution in [0.1, 0.15) is 34.6 Å². The standard InChI is InChI=1S/C11H21NO3/c1-8-6-12(7-11(8,5)14)9(13)15-10(2,3)4/h8,14H,6-7H2,1-5H3. The molecular weight excluding hydrogens is 194 g/mol. The van der Waals surface area contributed by atoms with E-state index in [-0.39, 0.29) is 12.0 Å². The fourth-order valence-electron chi connectivity index (χ4n) is 1.60. The van der Waals surface area contributed by atoms with Crippen molar-refractivity contribution in [3.8, 4) is 0 Å². The molecule has 1 rings (SSSR count). The van der Waals surface area contributed by atoms with Gasteiger partial charge in [0, 0.05) is 12.5 Å². The molecule has 88 valence electrons. The Hall–Kier alpha value is -0.770. The van der Waals surface area contributed by atoms with Crippen molar-refractivity contribution >= 4 is 6.09 Å². The Labute approximate surface area is 91.2 Å². The topological polar surface area (TPSA) is 49.8 Å². The molecule has 1 fully saturated rings. The van der Waals surface area contributed by atoms with Crippen LogP contribution in [0.25, 0.3) is 0 Å². The highest BCUT2D eigenvalue weighted by Crippen LogP contribution is 2.27. The van der Waals surface area contributed by atoms with Crippen molar-refractivity contribution < 1.29 is 14.6 Å². The summed E-state index contributed by atoms with van der Waals surface area (Å²) in [5.41, 5.74) is -1.27. The van der Waals surface area contributed by atoms with Gasteiger partial charge in [-0.1, -0.05) is 6.92 Å². The molecule has 0 aliphatic carbocycles. The van der Waals surface area contributed by atoms with Gasteiger partial charge in [0.15, 0.2) is 0 Å². The molecule has 1 aliphatic heterocycles. The molecule has 2 atom stereocenters. The van der Waals surface area contributed by atoms with Crippen LogP contribution in [0, 0.1) is 5.92 Å². The lowest BCUT2D eigenvalue weighted by atomic mass is 9.95. The summed E-state index contributed by atoms with van der Waals surface area (Å²) in [6.45, 7) is 10.1. The zero-order chi connectivity index (χ0) is 11.9. The van der Waals surface area contributed by atoms with E-state index in [1.54, 1.807) is 11.8 Å². The summed E-state index contributed by atoms with van der Waals surface area (Å²) in [7, 11) is 0. The van der Waals surface area contributed by atoms with Gasteiger partial charge in [-0.25, -0.2) is 4.79 Å². The van der Waals surface area contributed by atoms with Gasteiger partial charge in [0.25, 0.3) is 0 Å². The molecule has 0 saturated carbocycles. The number of aliphatic hydroxyl groups is 1. The minimum atomic E-state index is -0.795. The van der Waals surface area contributed by atoms with Crippen molar-refractivity contribution in [1.82, 2.24) is 4.90 Å². The molecule has 0 aromatic carbocycles. The lowest BCUT2D eigenvalue weighted by Gasteiger charge is -2.25. The van der Waals surface area contributed by atoms with Crippen LogP contribution < -0.4 is 0 Å². The van der Waals surface area contributed by atoms with E-state index in [0.717, 1.165) is 0 Å². The molecule has 0 aromatic rings. The van der Waals surface area contributed by atoms with E-state index in [1.807, 2.05) is 27.7 Å². The Bertz CT molecular complexity index is 255. The van der Waals surface area contributed by atoms with Crippen molar-refractivity contribution in [2.75, 3.05) is 13.1 Å². The first-order valence-corrected chi connectivity index (χ1v) is 5.32. The molecule has 2 unspecified atom stereocenters. The Morgan fingerprint density at radius 3 is 2.40 bits per heavy atom.